The third kappa shape index (κ3) is 6.35. The van der Waals surface area contributed by atoms with Crippen LogP contribution in [0.2, 0.25) is 0 Å². The Morgan fingerprint density at radius 3 is 1.86 bits per heavy atom. The highest BCUT2D eigenvalue weighted by Crippen LogP contribution is 2.11. The molecule has 0 spiro atoms. The standard InChI is InChI=1S/C11H25NO2/c1-10(2,13-5)7-8-12-9-11(3,4)14-6/h12H,7-9H2,1-6H3. The van der Waals surface area contributed by atoms with Crippen molar-refractivity contribution in [2.24, 2.45) is 0 Å². The molecule has 0 aromatic rings. The van der Waals surface area contributed by atoms with E-state index in [0.717, 1.165) is 19.5 Å². The van der Waals surface area contributed by atoms with Gasteiger partial charge in [-0.3, -0.25) is 0 Å². The van der Waals surface area contributed by atoms with Crippen molar-refractivity contribution in [1.29, 1.82) is 0 Å². The van der Waals surface area contributed by atoms with Gasteiger partial charge in [0.05, 0.1) is 11.2 Å². The van der Waals surface area contributed by atoms with Gasteiger partial charge in [-0.25, -0.2) is 0 Å². The zero-order valence-electron chi connectivity index (χ0n) is 10.4. The smallest absolute Gasteiger partial charge is 0.0746 e. The van der Waals surface area contributed by atoms with Gasteiger partial charge < -0.3 is 14.8 Å². The maximum absolute atomic E-state index is 5.32. The van der Waals surface area contributed by atoms with E-state index in [-0.39, 0.29) is 11.2 Å². The average Bonchev–Trinajstić information content (AvgIpc) is 2.13. The maximum Gasteiger partial charge on any atom is 0.0746 e. The van der Waals surface area contributed by atoms with Crippen LogP contribution in [0.4, 0.5) is 0 Å². The van der Waals surface area contributed by atoms with Crippen LogP contribution in [0.25, 0.3) is 0 Å². The van der Waals surface area contributed by atoms with Crippen LogP contribution in [0.15, 0.2) is 0 Å². The SMILES string of the molecule is COC(C)(C)CCNCC(C)(C)OC. The minimum atomic E-state index is -0.0861. The molecule has 86 valence electrons. The molecule has 0 bridgehead atoms. The summed E-state index contributed by atoms with van der Waals surface area (Å²) in [5.41, 5.74) is -0.124. The van der Waals surface area contributed by atoms with Crippen molar-refractivity contribution < 1.29 is 9.47 Å². The maximum atomic E-state index is 5.32. The lowest BCUT2D eigenvalue weighted by Gasteiger charge is -2.26. The monoisotopic (exact) mass is 203 g/mol. The van der Waals surface area contributed by atoms with Gasteiger partial charge >= 0.3 is 0 Å². The molecule has 0 saturated heterocycles. The molecule has 0 aliphatic rings. The first-order valence-electron chi connectivity index (χ1n) is 5.14. The lowest BCUT2D eigenvalue weighted by molar-refractivity contribution is 0.00758. The molecule has 0 atom stereocenters. The van der Waals surface area contributed by atoms with Gasteiger partial charge in [-0.15, -0.1) is 0 Å². The summed E-state index contributed by atoms with van der Waals surface area (Å²) >= 11 is 0. The number of nitrogens with one attached hydrogen (secondary N) is 1. The minimum absolute atomic E-state index is 0.0375. The molecular formula is C11H25NO2. The Morgan fingerprint density at radius 2 is 1.43 bits per heavy atom. The second-order valence-electron chi connectivity index (χ2n) is 4.85. The second-order valence-corrected chi connectivity index (χ2v) is 4.85. The molecule has 0 saturated carbocycles. The Morgan fingerprint density at radius 1 is 0.929 bits per heavy atom. The molecule has 0 aromatic heterocycles. The molecular weight excluding hydrogens is 178 g/mol. The lowest BCUT2D eigenvalue weighted by atomic mass is 10.0. The first-order chi connectivity index (χ1) is 6.33. The van der Waals surface area contributed by atoms with Gasteiger partial charge in [-0.1, -0.05) is 0 Å². The molecule has 0 radical (unpaired) electrons. The van der Waals surface area contributed by atoms with Gasteiger partial charge in [0.15, 0.2) is 0 Å². The largest absolute Gasteiger partial charge is 0.379 e. The second kappa shape index (κ2) is 5.69. The van der Waals surface area contributed by atoms with Crippen molar-refractivity contribution in [3.8, 4) is 0 Å². The minimum Gasteiger partial charge on any atom is -0.379 e. The zero-order chi connectivity index (χ0) is 11.2. The Kier molecular flexibility index (Phi) is 5.64. The van der Waals surface area contributed by atoms with E-state index in [9.17, 15) is 0 Å². The molecule has 3 nitrogen and oxygen atoms in total. The van der Waals surface area contributed by atoms with Crippen LogP contribution in [-0.2, 0) is 9.47 Å². The summed E-state index contributed by atoms with van der Waals surface area (Å²) < 4.78 is 10.6. The van der Waals surface area contributed by atoms with Gasteiger partial charge in [-0.05, 0) is 40.7 Å². The van der Waals surface area contributed by atoms with Crippen molar-refractivity contribution in [2.75, 3.05) is 27.3 Å². The number of hydrogen-bond donors (Lipinski definition) is 1. The van der Waals surface area contributed by atoms with E-state index in [0.29, 0.717) is 0 Å². The van der Waals surface area contributed by atoms with Crippen LogP contribution in [0.1, 0.15) is 34.1 Å². The van der Waals surface area contributed by atoms with Crippen molar-refractivity contribution in [1.82, 2.24) is 5.32 Å². The highest BCUT2D eigenvalue weighted by atomic mass is 16.5. The molecule has 0 fully saturated rings. The van der Waals surface area contributed by atoms with Gasteiger partial charge in [0.25, 0.3) is 0 Å². The van der Waals surface area contributed by atoms with Gasteiger partial charge in [0.2, 0.25) is 0 Å². The predicted octanol–water partition coefficient (Wildman–Crippen LogP) is 1.82. The van der Waals surface area contributed by atoms with E-state index in [1.54, 1.807) is 14.2 Å². The topological polar surface area (TPSA) is 30.5 Å². The molecule has 0 unspecified atom stereocenters. The van der Waals surface area contributed by atoms with Crippen LogP contribution in [0.3, 0.4) is 0 Å². The van der Waals surface area contributed by atoms with Gasteiger partial charge in [0.1, 0.15) is 0 Å². The summed E-state index contributed by atoms with van der Waals surface area (Å²) in [5.74, 6) is 0. The van der Waals surface area contributed by atoms with E-state index in [1.165, 1.54) is 0 Å². The Hall–Kier alpha value is -0.120. The summed E-state index contributed by atoms with van der Waals surface area (Å²) in [6.45, 7) is 10.1. The molecule has 0 aromatic carbocycles. The number of hydrogen-bond acceptors (Lipinski definition) is 3. The number of methoxy groups -OCH3 is 2. The van der Waals surface area contributed by atoms with Crippen LogP contribution < -0.4 is 5.32 Å². The third-order valence-corrected chi connectivity index (χ3v) is 2.56. The summed E-state index contributed by atoms with van der Waals surface area (Å²) in [7, 11) is 3.49. The summed E-state index contributed by atoms with van der Waals surface area (Å²) in [6, 6.07) is 0. The third-order valence-electron chi connectivity index (χ3n) is 2.56. The van der Waals surface area contributed by atoms with E-state index >= 15 is 0 Å². The highest BCUT2D eigenvalue weighted by Gasteiger charge is 2.18. The quantitative estimate of drug-likeness (QED) is 0.640. The molecule has 0 aliphatic carbocycles. The van der Waals surface area contributed by atoms with Crippen LogP contribution in [0, 0.1) is 0 Å². The summed E-state index contributed by atoms with van der Waals surface area (Å²) in [6.07, 6.45) is 1.00. The molecule has 3 heteroatoms. The predicted molar refractivity (Wildman–Crippen MR) is 59.7 cm³/mol. The molecule has 0 rings (SSSR count). The fourth-order valence-electron chi connectivity index (χ4n) is 0.953. The lowest BCUT2D eigenvalue weighted by Crippen LogP contribution is -2.39. The molecule has 1 N–H and O–H groups in total. The number of rotatable bonds is 7. The highest BCUT2D eigenvalue weighted by molar-refractivity contribution is 4.74. The van der Waals surface area contributed by atoms with E-state index in [1.807, 2.05) is 0 Å². The molecule has 0 aliphatic heterocycles. The number of ether oxygens (including phenoxy) is 2. The fraction of sp³-hybridized carbons (Fsp3) is 1.00. The molecule has 14 heavy (non-hydrogen) atoms. The van der Waals surface area contributed by atoms with Gasteiger partial charge in [-0.2, -0.15) is 0 Å². The average molecular weight is 203 g/mol. The van der Waals surface area contributed by atoms with Crippen LogP contribution >= 0.6 is 0 Å². The van der Waals surface area contributed by atoms with Crippen molar-refractivity contribution >= 4 is 0 Å². The van der Waals surface area contributed by atoms with Crippen molar-refractivity contribution in [3.05, 3.63) is 0 Å². The Balaban J connectivity index is 3.57. The van der Waals surface area contributed by atoms with E-state index < -0.39 is 0 Å². The molecule has 0 heterocycles. The first-order valence-corrected chi connectivity index (χ1v) is 5.14. The van der Waals surface area contributed by atoms with Crippen LogP contribution in [0.5, 0.6) is 0 Å². The zero-order valence-corrected chi connectivity index (χ0v) is 10.4. The molecule has 0 amide bonds. The Labute approximate surface area is 88.2 Å². The summed E-state index contributed by atoms with van der Waals surface area (Å²) in [4.78, 5) is 0. The van der Waals surface area contributed by atoms with E-state index in [4.69, 9.17) is 9.47 Å². The fourth-order valence-corrected chi connectivity index (χ4v) is 0.953. The first kappa shape index (κ1) is 13.9. The van der Waals surface area contributed by atoms with Crippen molar-refractivity contribution in [2.45, 2.75) is 45.3 Å². The van der Waals surface area contributed by atoms with Gasteiger partial charge in [0, 0.05) is 20.8 Å². The van der Waals surface area contributed by atoms with Crippen molar-refractivity contribution in [3.63, 3.8) is 0 Å². The normalized spacial score (nSPS) is 13.3. The Bertz CT molecular complexity index is 137. The van der Waals surface area contributed by atoms with E-state index in [2.05, 4.69) is 33.0 Å². The van der Waals surface area contributed by atoms with Crippen LogP contribution in [-0.4, -0.2) is 38.5 Å². The summed E-state index contributed by atoms with van der Waals surface area (Å²) in [5, 5.41) is 3.36.